The minimum Gasteiger partial charge on any atom is -0.468 e. The van der Waals surface area contributed by atoms with Crippen molar-refractivity contribution in [3.05, 3.63) is 64.2 Å². The molecule has 32 heavy (non-hydrogen) atoms. The Morgan fingerprint density at radius 2 is 1.84 bits per heavy atom. The van der Waals surface area contributed by atoms with E-state index in [9.17, 15) is 13.6 Å². The first-order chi connectivity index (χ1) is 15.2. The molecule has 0 saturated heterocycles. The summed E-state index contributed by atoms with van der Waals surface area (Å²) in [6.07, 6.45) is 0. The number of aromatic nitrogens is 5. The number of carbonyl (C=O) groups excluding carboxylic acids is 1. The number of fused-ring (bicyclic) bond motifs is 1. The van der Waals surface area contributed by atoms with Gasteiger partial charge in [-0.15, -0.1) is 0 Å². The number of carbonyl (C=O) groups is 1. The molecule has 3 aromatic heterocycles. The van der Waals surface area contributed by atoms with Crippen molar-refractivity contribution in [2.24, 2.45) is 7.05 Å². The monoisotopic (exact) mass is 440 g/mol. The molecule has 0 unspecified atom stereocenters. The highest BCUT2D eigenvalue weighted by molar-refractivity contribution is 6.13. The van der Waals surface area contributed by atoms with Gasteiger partial charge in [0.1, 0.15) is 5.82 Å². The Kier molecular flexibility index (Phi) is 5.37. The van der Waals surface area contributed by atoms with Gasteiger partial charge in [0.15, 0.2) is 23.9 Å². The van der Waals surface area contributed by atoms with Crippen LogP contribution in [-0.4, -0.2) is 30.5 Å². The minimum absolute atomic E-state index is 0.0914. The van der Waals surface area contributed by atoms with E-state index in [-0.39, 0.29) is 18.4 Å². The first-order valence-corrected chi connectivity index (χ1v) is 9.90. The van der Waals surface area contributed by atoms with Crippen LogP contribution in [0.2, 0.25) is 0 Å². The third-order valence-electron chi connectivity index (χ3n) is 5.20. The number of hydrogen-bond acceptors (Lipinski definition) is 5. The zero-order valence-electron chi connectivity index (χ0n) is 18.3. The fourth-order valence-corrected chi connectivity index (χ4v) is 3.66. The van der Waals surface area contributed by atoms with E-state index in [2.05, 4.69) is 20.5 Å². The van der Waals surface area contributed by atoms with E-state index < -0.39 is 11.6 Å². The topological polar surface area (TPSA) is 86.9 Å². The van der Waals surface area contributed by atoms with Crippen LogP contribution in [0.25, 0.3) is 11.0 Å². The molecule has 0 saturated carbocycles. The molecule has 0 aliphatic rings. The van der Waals surface area contributed by atoms with Gasteiger partial charge in [0, 0.05) is 18.8 Å². The first kappa shape index (κ1) is 21.4. The van der Waals surface area contributed by atoms with Gasteiger partial charge in [-0.25, -0.2) is 18.4 Å². The van der Waals surface area contributed by atoms with Gasteiger partial charge in [-0.1, -0.05) is 0 Å². The molecular formula is C22H22F2N6O2. The van der Waals surface area contributed by atoms with Crippen LogP contribution in [0.3, 0.4) is 0 Å². The van der Waals surface area contributed by atoms with Crippen molar-refractivity contribution in [3.63, 3.8) is 0 Å². The van der Waals surface area contributed by atoms with E-state index >= 15 is 0 Å². The number of aryl methyl sites for hydroxylation is 4. The molecule has 3 heterocycles. The zero-order chi connectivity index (χ0) is 23.2. The molecule has 8 nitrogen and oxygen atoms in total. The van der Waals surface area contributed by atoms with E-state index in [1.54, 1.807) is 31.6 Å². The standard InChI is InChI=1S/C22H22F2N6O2/c1-11-8-16(19-12(2)27-29(5)21(19)25-11)22(31)26-20-13(3)28-30(14(20)4)10-32-18-7-6-15(23)9-17(18)24/h6-9H,10H2,1-5H3,(H,26,31). The molecule has 0 aliphatic carbocycles. The summed E-state index contributed by atoms with van der Waals surface area (Å²) in [5.74, 6) is -1.89. The van der Waals surface area contributed by atoms with Crippen LogP contribution in [0, 0.1) is 39.3 Å². The molecule has 10 heteroatoms. The second-order valence-electron chi connectivity index (χ2n) is 7.57. The lowest BCUT2D eigenvalue weighted by Crippen LogP contribution is -2.15. The quantitative estimate of drug-likeness (QED) is 0.508. The van der Waals surface area contributed by atoms with Crippen molar-refractivity contribution < 1.29 is 18.3 Å². The van der Waals surface area contributed by atoms with Crippen LogP contribution >= 0.6 is 0 Å². The Bertz CT molecular complexity index is 1360. The van der Waals surface area contributed by atoms with Gasteiger partial charge in [0.2, 0.25) is 0 Å². The van der Waals surface area contributed by atoms with Crippen molar-refractivity contribution in [1.82, 2.24) is 24.5 Å². The molecular weight excluding hydrogens is 418 g/mol. The summed E-state index contributed by atoms with van der Waals surface area (Å²) in [5.41, 5.74) is 4.24. The summed E-state index contributed by atoms with van der Waals surface area (Å²) in [5, 5.41) is 12.4. The Morgan fingerprint density at radius 3 is 2.56 bits per heavy atom. The van der Waals surface area contributed by atoms with Gasteiger partial charge < -0.3 is 10.1 Å². The molecule has 1 amide bonds. The Labute approximate surface area is 182 Å². The third-order valence-corrected chi connectivity index (χ3v) is 5.20. The molecule has 1 N–H and O–H groups in total. The van der Waals surface area contributed by atoms with Crippen molar-refractivity contribution in [3.8, 4) is 5.75 Å². The summed E-state index contributed by atoms with van der Waals surface area (Å²) in [6.45, 7) is 7.06. The molecule has 0 radical (unpaired) electrons. The van der Waals surface area contributed by atoms with E-state index in [4.69, 9.17) is 4.74 Å². The normalized spacial score (nSPS) is 11.2. The molecule has 4 rings (SSSR count). The summed E-state index contributed by atoms with van der Waals surface area (Å²) in [7, 11) is 1.78. The smallest absolute Gasteiger partial charge is 0.256 e. The number of amides is 1. The molecule has 0 aliphatic heterocycles. The molecule has 0 fully saturated rings. The molecule has 1 aromatic carbocycles. The van der Waals surface area contributed by atoms with E-state index in [0.717, 1.165) is 12.1 Å². The summed E-state index contributed by atoms with van der Waals surface area (Å²) in [4.78, 5) is 17.7. The van der Waals surface area contributed by atoms with E-state index in [1.165, 1.54) is 10.7 Å². The van der Waals surface area contributed by atoms with Gasteiger partial charge in [0.25, 0.3) is 5.91 Å². The second kappa shape index (κ2) is 8.03. The Hall–Kier alpha value is -3.82. The van der Waals surface area contributed by atoms with E-state index in [1.807, 2.05) is 13.8 Å². The average molecular weight is 440 g/mol. The number of rotatable bonds is 5. The van der Waals surface area contributed by atoms with Crippen LogP contribution in [0.1, 0.15) is 33.1 Å². The van der Waals surface area contributed by atoms with E-state index in [0.29, 0.717) is 45.1 Å². The molecule has 4 aromatic rings. The summed E-state index contributed by atoms with van der Waals surface area (Å²) in [6, 6.07) is 4.80. The molecule has 0 atom stereocenters. The lowest BCUT2D eigenvalue weighted by molar-refractivity contribution is 0.102. The number of anilines is 1. The fraction of sp³-hybridized carbons (Fsp3) is 0.273. The molecule has 166 valence electrons. The number of hydrogen-bond donors (Lipinski definition) is 1. The maximum Gasteiger partial charge on any atom is 0.256 e. The van der Waals surface area contributed by atoms with Crippen LogP contribution < -0.4 is 10.1 Å². The fourth-order valence-electron chi connectivity index (χ4n) is 3.66. The third kappa shape index (κ3) is 3.79. The summed E-state index contributed by atoms with van der Waals surface area (Å²) < 4.78 is 35.5. The maximum absolute atomic E-state index is 13.8. The maximum atomic E-state index is 13.8. The van der Waals surface area contributed by atoms with Crippen LogP contribution in [0.15, 0.2) is 24.3 Å². The highest BCUT2D eigenvalue weighted by atomic mass is 19.1. The number of pyridine rings is 1. The average Bonchev–Trinajstić information content (AvgIpc) is 3.16. The van der Waals surface area contributed by atoms with Crippen molar-refractivity contribution in [1.29, 1.82) is 0 Å². The second-order valence-corrected chi connectivity index (χ2v) is 7.57. The number of ether oxygens (including phenoxy) is 1. The number of nitrogens with one attached hydrogen (secondary N) is 1. The van der Waals surface area contributed by atoms with Gasteiger partial charge >= 0.3 is 0 Å². The predicted octanol–water partition coefficient (Wildman–Crippen LogP) is 3.97. The number of halogens is 2. The van der Waals surface area contributed by atoms with Crippen LogP contribution in [0.4, 0.5) is 14.5 Å². The Balaban J connectivity index is 1.60. The Morgan fingerprint density at radius 1 is 1.09 bits per heavy atom. The largest absolute Gasteiger partial charge is 0.468 e. The van der Waals surface area contributed by atoms with Gasteiger partial charge in [-0.2, -0.15) is 10.2 Å². The SMILES string of the molecule is Cc1cc(C(=O)Nc2c(C)nn(COc3ccc(F)cc3F)c2C)c2c(C)nn(C)c2n1. The first-order valence-electron chi connectivity index (χ1n) is 9.90. The lowest BCUT2D eigenvalue weighted by atomic mass is 10.1. The highest BCUT2D eigenvalue weighted by Crippen LogP contribution is 2.26. The minimum atomic E-state index is -0.802. The van der Waals surface area contributed by atoms with Crippen molar-refractivity contribution in [2.75, 3.05) is 5.32 Å². The molecule has 0 bridgehead atoms. The number of benzene rings is 1. The van der Waals surface area contributed by atoms with Gasteiger partial charge in [-0.05, 0) is 45.9 Å². The van der Waals surface area contributed by atoms with Crippen molar-refractivity contribution >= 4 is 22.6 Å². The van der Waals surface area contributed by atoms with Gasteiger partial charge in [-0.3, -0.25) is 9.48 Å². The van der Waals surface area contributed by atoms with Crippen molar-refractivity contribution in [2.45, 2.75) is 34.4 Å². The zero-order valence-corrected chi connectivity index (χ0v) is 18.3. The summed E-state index contributed by atoms with van der Waals surface area (Å²) >= 11 is 0. The number of nitrogens with zero attached hydrogens (tertiary/aromatic N) is 5. The highest BCUT2D eigenvalue weighted by Gasteiger charge is 2.21. The predicted molar refractivity (Wildman–Crippen MR) is 115 cm³/mol. The lowest BCUT2D eigenvalue weighted by Gasteiger charge is -2.10. The van der Waals surface area contributed by atoms with Gasteiger partial charge in [0.05, 0.1) is 33.7 Å². The van der Waals surface area contributed by atoms with Crippen LogP contribution in [-0.2, 0) is 13.8 Å². The molecule has 0 spiro atoms. The van der Waals surface area contributed by atoms with Crippen LogP contribution in [0.5, 0.6) is 5.75 Å².